The number of benzene rings is 2. The van der Waals surface area contributed by atoms with Gasteiger partial charge in [0.2, 0.25) is 0 Å². The van der Waals surface area contributed by atoms with Gasteiger partial charge >= 0.3 is 0 Å². The van der Waals surface area contributed by atoms with Crippen molar-refractivity contribution in [3.8, 4) is 0 Å². The summed E-state index contributed by atoms with van der Waals surface area (Å²) in [4.78, 5) is 39.5. The summed E-state index contributed by atoms with van der Waals surface area (Å²) in [5.74, 6) is -0.249. The number of carbonyl (C=O) groups is 1. The molecule has 0 radical (unpaired) electrons. The van der Waals surface area contributed by atoms with Gasteiger partial charge in [-0.1, -0.05) is 0 Å². The third-order valence-electron chi connectivity index (χ3n) is 4.90. The fourth-order valence-electron chi connectivity index (χ4n) is 3.32. The molecule has 0 atom stereocenters. The highest BCUT2D eigenvalue weighted by Crippen LogP contribution is 2.27. The second kappa shape index (κ2) is 8.13. The molecule has 0 aliphatic carbocycles. The zero-order chi connectivity index (χ0) is 21.1. The van der Waals surface area contributed by atoms with Crippen molar-refractivity contribution in [2.75, 3.05) is 50.1 Å². The SMILES string of the molecule is CN(C)c1ccc([N+](=O)[O-])cc1C(=O)N1CCN(c2ccc([N+](=O)[O-])cc2)CC1. The number of hydrogen-bond acceptors (Lipinski definition) is 7. The van der Waals surface area contributed by atoms with Crippen LogP contribution in [0.2, 0.25) is 0 Å². The summed E-state index contributed by atoms with van der Waals surface area (Å²) in [5, 5.41) is 21.9. The first-order valence-corrected chi connectivity index (χ1v) is 9.02. The van der Waals surface area contributed by atoms with E-state index in [9.17, 15) is 25.0 Å². The number of hydrogen-bond donors (Lipinski definition) is 0. The minimum atomic E-state index is -0.511. The van der Waals surface area contributed by atoms with Gasteiger partial charge in [-0.15, -0.1) is 0 Å². The highest BCUT2D eigenvalue weighted by Gasteiger charge is 2.26. The van der Waals surface area contributed by atoms with Gasteiger partial charge in [-0.25, -0.2) is 0 Å². The van der Waals surface area contributed by atoms with Crippen molar-refractivity contribution in [3.05, 3.63) is 68.3 Å². The molecular formula is C19H21N5O5. The fraction of sp³-hybridized carbons (Fsp3) is 0.316. The van der Waals surface area contributed by atoms with Gasteiger partial charge in [0.05, 0.1) is 15.4 Å². The molecule has 1 aliphatic rings. The first kappa shape index (κ1) is 20.1. The molecule has 1 amide bonds. The van der Waals surface area contributed by atoms with Crippen LogP contribution in [0, 0.1) is 20.2 Å². The second-order valence-electron chi connectivity index (χ2n) is 6.91. The van der Waals surface area contributed by atoms with Crippen LogP contribution in [-0.4, -0.2) is 60.9 Å². The molecular weight excluding hydrogens is 378 g/mol. The average molecular weight is 399 g/mol. The van der Waals surface area contributed by atoms with E-state index >= 15 is 0 Å². The Morgan fingerprint density at radius 3 is 1.97 bits per heavy atom. The lowest BCUT2D eigenvalue weighted by Crippen LogP contribution is -2.49. The largest absolute Gasteiger partial charge is 0.377 e. The van der Waals surface area contributed by atoms with Crippen molar-refractivity contribution in [1.82, 2.24) is 4.90 Å². The Kier molecular flexibility index (Phi) is 5.62. The molecule has 1 aliphatic heterocycles. The van der Waals surface area contributed by atoms with Gasteiger partial charge in [-0.2, -0.15) is 0 Å². The van der Waals surface area contributed by atoms with Crippen LogP contribution in [0.5, 0.6) is 0 Å². The lowest BCUT2D eigenvalue weighted by molar-refractivity contribution is -0.385. The molecule has 152 valence electrons. The van der Waals surface area contributed by atoms with Crippen LogP contribution in [0.3, 0.4) is 0 Å². The summed E-state index contributed by atoms with van der Waals surface area (Å²) in [5.41, 5.74) is 1.69. The van der Waals surface area contributed by atoms with E-state index in [0.29, 0.717) is 37.4 Å². The van der Waals surface area contributed by atoms with Crippen LogP contribution in [0.4, 0.5) is 22.7 Å². The van der Waals surface area contributed by atoms with Gasteiger partial charge in [-0.05, 0) is 18.2 Å². The molecule has 10 heteroatoms. The summed E-state index contributed by atoms with van der Waals surface area (Å²) in [7, 11) is 3.56. The van der Waals surface area contributed by atoms with Crippen molar-refractivity contribution in [2.24, 2.45) is 0 Å². The Morgan fingerprint density at radius 2 is 1.45 bits per heavy atom. The van der Waals surface area contributed by atoms with Crippen LogP contribution in [0.25, 0.3) is 0 Å². The Hall–Kier alpha value is -3.69. The molecule has 3 rings (SSSR count). The number of piperazine rings is 1. The lowest BCUT2D eigenvalue weighted by Gasteiger charge is -2.36. The number of nitro benzene ring substituents is 2. The number of carbonyl (C=O) groups excluding carboxylic acids is 1. The van der Waals surface area contributed by atoms with E-state index < -0.39 is 9.85 Å². The summed E-state index contributed by atoms with van der Waals surface area (Å²) < 4.78 is 0. The van der Waals surface area contributed by atoms with E-state index in [1.54, 1.807) is 42.1 Å². The normalized spacial score (nSPS) is 13.9. The summed E-state index contributed by atoms with van der Waals surface area (Å²) in [6.07, 6.45) is 0. The standard InChI is InChI=1S/C19H21N5O5/c1-20(2)18-8-7-16(24(28)29)13-17(18)19(25)22-11-9-21(10-12-22)14-3-5-15(6-4-14)23(26)27/h3-8,13H,9-12H2,1-2H3. The Morgan fingerprint density at radius 1 is 0.897 bits per heavy atom. The Bertz CT molecular complexity index is 937. The molecule has 0 N–H and O–H groups in total. The first-order valence-electron chi connectivity index (χ1n) is 9.02. The molecule has 29 heavy (non-hydrogen) atoms. The van der Waals surface area contributed by atoms with Gasteiger partial charge in [-0.3, -0.25) is 25.0 Å². The summed E-state index contributed by atoms with van der Waals surface area (Å²) >= 11 is 0. The molecule has 0 unspecified atom stereocenters. The maximum atomic E-state index is 13.0. The Balaban J connectivity index is 1.74. The highest BCUT2D eigenvalue weighted by molar-refractivity contribution is 6.00. The molecule has 10 nitrogen and oxygen atoms in total. The van der Waals surface area contributed by atoms with Crippen LogP contribution in [0.1, 0.15) is 10.4 Å². The van der Waals surface area contributed by atoms with Crippen LogP contribution in [0.15, 0.2) is 42.5 Å². The third kappa shape index (κ3) is 4.26. The molecule has 0 aromatic heterocycles. The van der Waals surface area contributed by atoms with Gasteiger partial charge in [0.1, 0.15) is 0 Å². The van der Waals surface area contributed by atoms with Crippen molar-refractivity contribution in [2.45, 2.75) is 0 Å². The van der Waals surface area contributed by atoms with Crippen LogP contribution in [-0.2, 0) is 0 Å². The predicted octanol–water partition coefficient (Wildman–Crippen LogP) is 2.53. The van der Waals surface area contributed by atoms with E-state index in [1.807, 2.05) is 4.90 Å². The number of anilines is 2. The smallest absolute Gasteiger partial charge is 0.270 e. The zero-order valence-corrected chi connectivity index (χ0v) is 16.1. The van der Waals surface area contributed by atoms with Crippen molar-refractivity contribution in [3.63, 3.8) is 0 Å². The Labute approximate surface area is 167 Å². The van der Waals surface area contributed by atoms with Gasteiger partial charge in [0.15, 0.2) is 0 Å². The molecule has 0 bridgehead atoms. The monoisotopic (exact) mass is 399 g/mol. The van der Waals surface area contributed by atoms with Gasteiger partial charge < -0.3 is 14.7 Å². The second-order valence-corrected chi connectivity index (χ2v) is 6.91. The number of rotatable bonds is 5. The van der Waals surface area contributed by atoms with E-state index in [4.69, 9.17) is 0 Å². The minimum Gasteiger partial charge on any atom is -0.377 e. The fourth-order valence-corrected chi connectivity index (χ4v) is 3.32. The van der Waals surface area contributed by atoms with Crippen molar-refractivity contribution < 1.29 is 14.6 Å². The molecule has 1 saturated heterocycles. The minimum absolute atomic E-state index is 0.0319. The molecule has 0 saturated carbocycles. The van der Waals surface area contributed by atoms with Crippen LogP contribution < -0.4 is 9.80 Å². The zero-order valence-electron chi connectivity index (χ0n) is 16.1. The highest BCUT2D eigenvalue weighted by atomic mass is 16.6. The molecule has 1 fully saturated rings. The molecule has 2 aromatic carbocycles. The third-order valence-corrected chi connectivity index (χ3v) is 4.90. The van der Waals surface area contributed by atoms with Crippen molar-refractivity contribution >= 4 is 28.7 Å². The van der Waals surface area contributed by atoms with Gasteiger partial charge in [0.25, 0.3) is 17.3 Å². The quantitative estimate of drug-likeness (QED) is 0.561. The van der Waals surface area contributed by atoms with Crippen molar-refractivity contribution in [1.29, 1.82) is 0 Å². The number of nitrogens with zero attached hydrogens (tertiary/aromatic N) is 5. The first-order chi connectivity index (χ1) is 13.8. The number of nitro groups is 2. The maximum absolute atomic E-state index is 13.0. The number of non-ortho nitro benzene ring substituents is 2. The molecule has 2 aromatic rings. The van der Waals surface area contributed by atoms with E-state index in [0.717, 1.165) is 5.69 Å². The molecule has 1 heterocycles. The molecule has 0 spiro atoms. The predicted molar refractivity (Wildman–Crippen MR) is 109 cm³/mol. The van der Waals surface area contributed by atoms with E-state index in [-0.39, 0.29) is 17.3 Å². The van der Waals surface area contributed by atoms with E-state index in [2.05, 4.69) is 0 Å². The van der Waals surface area contributed by atoms with E-state index in [1.165, 1.54) is 24.3 Å². The maximum Gasteiger partial charge on any atom is 0.270 e. The summed E-state index contributed by atoms with van der Waals surface area (Å²) in [6.45, 7) is 2.03. The lowest BCUT2D eigenvalue weighted by atomic mass is 10.1. The van der Waals surface area contributed by atoms with Gasteiger partial charge in [0, 0.05) is 75.9 Å². The van der Waals surface area contributed by atoms with Crippen LogP contribution >= 0.6 is 0 Å². The average Bonchev–Trinajstić information content (AvgIpc) is 2.72. The summed E-state index contributed by atoms with van der Waals surface area (Å²) in [6, 6.07) is 10.6. The topological polar surface area (TPSA) is 113 Å². The number of amides is 1.